The minimum absolute atomic E-state index is 0.212. The molecule has 0 radical (unpaired) electrons. The molecule has 18 heavy (non-hydrogen) atoms. The monoisotopic (exact) mass is 249 g/mol. The van der Waals surface area contributed by atoms with E-state index >= 15 is 0 Å². The second kappa shape index (κ2) is 9.12. The van der Waals surface area contributed by atoms with Gasteiger partial charge in [-0.15, -0.1) is 0 Å². The molecule has 0 saturated carbocycles. The number of rotatable bonds is 9. The van der Waals surface area contributed by atoms with Crippen molar-refractivity contribution in [3.63, 3.8) is 0 Å². The lowest BCUT2D eigenvalue weighted by Gasteiger charge is -2.25. The first kappa shape index (κ1) is 15.2. The molecule has 2 heteroatoms. The van der Waals surface area contributed by atoms with E-state index in [1.54, 1.807) is 0 Å². The average molecular weight is 249 g/mol. The summed E-state index contributed by atoms with van der Waals surface area (Å²) in [6, 6.07) is 10.8. The second-order valence-electron chi connectivity index (χ2n) is 4.73. The first-order valence-electron chi connectivity index (χ1n) is 7.19. The summed E-state index contributed by atoms with van der Waals surface area (Å²) in [7, 11) is 0. The first-order valence-corrected chi connectivity index (χ1v) is 7.19. The van der Waals surface area contributed by atoms with E-state index in [2.05, 4.69) is 56.4 Å². The molecule has 0 fully saturated rings. The Morgan fingerprint density at radius 3 is 2.44 bits per heavy atom. The van der Waals surface area contributed by atoms with Crippen LogP contribution in [0.25, 0.3) is 0 Å². The van der Waals surface area contributed by atoms with E-state index in [9.17, 15) is 0 Å². The molecule has 0 amide bonds. The summed E-state index contributed by atoms with van der Waals surface area (Å²) < 4.78 is 5.95. The standard InChI is InChI=1S/C16H27NO/c1-4-6-10-13-18-14(3)16(17-5-2)15-11-8-7-9-12-15/h7-9,11-12,14,16-17H,4-6,10,13H2,1-3H3. The smallest absolute Gasteiger partial charge is 0.0741 e. The maximum atomic E-state index is 5.95. The molecule has 0 saturated heterocycles. The van der Waals surface area contributed by atoms with Gasteiger partial charge in [-0.05, 0) is 25.5 Å². The van der Waals surface area contributed by atoms with Crippen molar-refractivity contribution in [2.24, 2.45) is 0 Å². The molecule has 0 aliphatic rings. The molecular weight excluding hydrogens is 222 g/mol. The van der Waals surface area contributed by atoms with E-state index < -0.39 is 0 Å². The van der Waals surface area contributed by atoms with Crippen molar-refractivity contribution in [1.29, 1.82) is 0 Å². The van der Waals surface area contributed by atoms with Crippen LogP contribution in [0.2, 0.25) is 0 Å². The number of hydrogen-bond donors (Lipinski definition) is 1. The molecule has 1 aromatic carbocycles. The van der Waals surface area contributed by atoms with Crippen LogP contribution in [0.1, 0.15) is 51.6 Å². The predicted molar refractivity (Wildman–Crippen MR) is 77.8 cm³/mol. The van der Waals surface area contributed by atoms with Crippen molar-refractivity contribution in [1.82, 2.24) is 5.32 Å². The largest absolute Gasteiger partial charge is 0.377 e. The summed E-state index contributed by atoms with van der Waals surface area (Å²) in [6.07, 6.45) is 3.87. The normalized spacial score (nSPS) is 14.4. The summed E-state index contributed by atoms with van der Waals surface area (Å²) >= 11 is 0. The Hall–Kier alpha value is -0.860. The van der Waals surface area contributed by atoms with E-state index in [0.717, 1.165) is 19.6 Å². The maximum Gasteiger partial charge on any atom is 0.0741 e. The third-order valence-corrected chi connectivity index (χ3v) is 3.18. The number of hydrogen-bond acceptors (Lipinski definition) is 2. The number of benzene rings is 1. The Balaban J connectivity index is 2.50. The highest BCUT2D eigenvalue weighted by molar-refractivity contribution is 5.19. The molecular formula is C16H27NO. The highest BCUT2D eigenvalue weighted by Crippen LogP contribution is 2.19. The van der Waals surface area contributed by atoms with Gasteiger partial charge in [0.1, 0.15) is 0 Å². The van der Waals surface area contributed by atoms with Crippen LogP contribution in [0.4, 0.5) is 0 Å². The van der Waals surface area contributed by atoms with Crippen LogP contribution >= 0.6 is 0 Å². The molecule has 0 spiro atoms. The van der Waals surface area contributed by atoms with E-state index in [1.807, 2.05) is 0 Å². The van der Waals surface area contributed by atoms with Crippen molar-refractivity contribution in [3.8, 4) is 0 Å². The zero-order chi connectivity index (χ0) is 13.2. The topological polar surface area (TPSA) is 21.3 Å². The molecule has 0 aliphatic heterocycles. The molecule has 2 atom stereocenters. The van der Waals surface area contributed by atoms with Gasteiger partial charge in [-0.2, -0.15) is 0 Å². The molecule has 1 N–H and O–H groups in total. The Labute approximate surface area is 112 Å². The van der Waals surface area contributed by atoms with Gasteiger partial charge in [-0.3, -0.25) is 0 Å². The zero-order valence-corrected chi connectivity index (χ0v) is 12.0. The fourth-order valence-electron chi connectivity index (χ4n) is 2.15. The van der Waals surface area contributed by atoms with Crippen LogP contribution in [-0.2, 0) is 4.74 Å². The van der Waals surface area contributed by atoms with Crippen molar-refractivity contribution < 1.29 is 4.74 Å². The molecule has 2 nitrogen and oxygen atoms in total. The van der Waals surface area contributed by atoms with E-state index in [0.29, 0.717) is 0 Å². The Kier molecular flexibility index (Phi) is 7.70. The summed E-state index contributed by atoms with van der Waals surface area (Å²) in [4.78, 5) is 0. The van der Waals surface area contributed by atoms with Gasteiger partial charge >= 0.3 is 0 Å². The van der Waals surface area contributed by atoms with E-state index in [1.165, 1.54) is 18.4 Å². The minimum atomic E-state index is 0.212. The van der Waals surface area contributed by atoms with Crippen molar-refractivity contribution in [2.45, 2.75) is 52.2 Å². The Morgan fingerprint density at radius 1 is 1.11 bits per heavy atom. The maximum absolute atomic E-state index is 5.95. The lowest BCUT2D eigenvalue weighted by atomic mass is 10.0. The van der Waals surface area contributed by atoms with Gasteiger partial charge in [-0.1, -0.05) is 57.0 Å². The van der Waals surface area contributed by atoms with E-state index in [4.69, 9.17) is 4.74 Å². The highest BCUT2D eigenvalue weighted by atomic mass is 16.5. The number of nitrogens with one attached hydrogen (secondary N) is 1. The fraction of sp³-hybridized carbons (Fsp3) is 0.625. The van der Waals surface area contributed by atoms with Crippen LogP contribution in [0, 0.1) is 0 Å². The Bertz CT molecular complexity index is 299. The Morgan fingerprint density at radius 2 is 1.83 bits per heavy atom. The van der Waals surface area contributed by atoms with Gasteiger partial charge in [0.2, 0.25) is 0 Å². The molecule has 102 valence electrons. The quantitative estimate of drug-likeness (QED) is 0.669. The van der Waals surface area contributed by atoms with E-state index in [-0.39, 0.29) is 12.1 Å². The molecule has 0 aromatic heterocycles. The summed E-state index contributed by atoms with van der Waals surface area (Å²) in [6.45, 7) is 8.34. The molecule has 1 rings (SSSR count). The molecule has 1 aromatic rings. The molecule has 0 aliphatic carbocycles. The van der Waals surface area contributed by atoms with Crippen LogP contribution < -0.4 is 5.32 Å². The van der Waals surface area contributed by atoms with Gasteiger partial charge in [0.15, 0.2) is 0 Å². The average Bonchev–Trinajstić information content (AvgIpc) is 2.41. The van der Waals surface area contributed by atoms with Crippen LogP contribution in [0.15, 0.2) is 30.3 Å². The second-order valence-corrected chi connectivity index (χ2v) is 4.73. The lowest BCUT2D eigenvalue weighted by Crippen LogP contribution is -2.32. The molecule has 2 unspecified atom stereocenters. The highest BCUT2D eigenvalue weighted by Gasteiger charge is 2.18. The van der Waals surface area contributed by atoms with Crippen molar-refractivity contribution in [3.05, 3.63) is 35.9 Å². The number of unbranched alkanes of at least 4 members (excludes halogenated alkanes) is 2. The van der Waals surface area contributed by atoms with Crippen LogP contribution in [-0.4, -0.2) is 19.3 Å². The predicted octanol–water partition coefficient (Wildman–Crippen LogP) is 3.93. The van der Waals surface area contributed by atoms with Gasteiger partial charge in [-0.25, -0.2) is 0 Å². The summed E-state index contributed by atoms with van der Waals surface area (Å²) in [5, 5.41) is 3.51. The van der Waals surface area contributed by atoms with Gasteiger partial charge < -0.3 is 10.1 Å². The summed E-state index contributed by atoms with van der Waals surface area (Å²) in [5.74, 6) is 0. The molecule has 0 heterocycles. The third-order valence-electron chi connectivity index (χ3n) is 3.18. The lowest BCUT2D eigenvalue weighted by molar-refractivity contribution is 0.0366. The zero-order valence-electron chi connectivity index (χ0n) is 12.0. The van der Waals surface area contributed by atoms with Crippen molar-refractivity contribution in [2.75, 3.05) is 13.2 Å². The third kappa shape index (κ3) is 5.19. The van der Waals surface area contributed by atoms with Gasteiger partial charge in [0.25, 0.3) is 0 Å². The van der Waals surface area contributed by atoms with Crippen LogP contribution in [0.5, 0.6) is 0 Å². The minimum Gasteiger partial charge on any atom is -0.377 e. The SMILES string of the molecule is CCCCCOC(C)C(NCC)c1ccccc1. The summed E-state index contributed by atoms with van der Waals surface area (Å²) in [5.41, 5.74) is 1.31. The van der Waals surface area contributed by atoms with Gasteiger partial charge in [0.05, 0.1) is 12.1 Å². The number of ether oxygens (including phenoxy) is 1. The van der Waals surface area contributed by atoms with Crippen LogP contribution in [0.3, 0.4) is 0 Å². The number of likely N-dealkylation sites (N-methyl/N-ethyl adjacent to an activating group) is 1. The van der Waals surface area contributed by atoms with Gasteiger partial charge in [0, 0.05) is 6.61 Å². The van der Waals surface area contributed by atoms with Crippen molar-refractivity contribution >= 4 is 0 Å². The fourth-order valence-corrected chi connectivity index (χ4v) is 2.15. The first-order chi connectivity index (χ1) is 8.79. The molecule has 0 bridgehead atoms.